The maximum atomic E-state index is 15.6. The van der Waals surface area contributed by atoms with Crippen LogP contribution in [0.15, 0.2) is 36.4 Å². The van der Waals surface area contributed by atoms with Crippen molar-refractivity contribution < 1.29 is 22.4 Å². The van der Waals surface area contributed by atoms with E-state index in [0.29, 0.717) is 11.8 Å². The predicted octanol–water partition coefficient (Wildman–Crippen LogP) is 5.53. The minimum absolute atomic E-state index is 0.0147. The van der Waals surface area contributed by atoms with Gasteiger partial charge in [-0.15, -0.1) is 0 Å². The van der Waals surface area contributed by atoms with Crippen LogP contribution < -0.4 is 4.72 Å². The summed E-state index contributed by atoms with van der Waals surface area (Å²) in [6.07, 6.45) is 1.81. The molecule has 2 aromatic carbocycles. The van der Waals surface area contributed by atoms with Gasteiger partial charge < -0.3 is 4.90 Å². The predicted molar refractivity (Wildman–Crippen MR) is 125 cm³/mol. The smallest absolute Gasteiger partial charge is 0.226 e. The summed E-state index contributed by atoms with van der Waals surface area (Å²) in [5, 5.41) is 0. The first-order valence-electron chi connectivity index (χ1n) is 11.9. The van der Waals surface area contributed by atoms with Gasteiger partial charge in [0.1, 0.15) is 23.6 Å². The normalized spacial score (nSPS) is 30.0. The molecule has 0 radical (unpaired) electrons. The first kappa shape index (κ1) is 23.7. The molecule has 2 aromatic rings. The molecule has 1 N–H and O–H groups in total. The molecule has 3 nitrogen and oxygen atoms in total. The van der Waals surface area contributed by atoms with E-state index in [0.717, 1.165) is 43.2 Å². The number of alkyl halides is 1. The molecule has 0 spiro atoms. The molecule has 0 aromatic heterocycles. The van der Waals surface area contributed by atoms with Gasteiger partial charge in [-0.2, -0.15) is 0 Å². The van der Waals surface area contributed by atoms with Gasteiger partial charge >= 0.3 is 0 Å². The van der Waals surface area contributed by atoms with Gasteiger partial charge in [-0.1, -0.05) is 37.1 Å². The van der Waals surface area contributed by atoms with Crippen molar-refractivity contribution in [1.29, 1.82) is 0 Å². The van der Waals surface area contributed by atoms with Crippen LogP contribution in [0.2, 0.25) is 0 Å². The molecule has 6 rings (SSSR count). The highest BCUT2D eigenvalue weighted by Crippen LogP contribution is 2.53. The van der Waals surface area contributed by atoms with Gasteiger partial charge in [-0.05, 0) is 61.3 Å². The van der Waals surface area contributed by atoms with Gasteiger partial charge in [0.05, 0.1) is 18.6 Å². The first-order chi connectivity index (χ1) is 16.4. The Balaban J connectivity index is 1.46. The lowest BCUT2D eigenvalue weighted by Crippen LogP contribution is -2.47. The van der Waals surface area contributed by atoms with Crippen LogP contribution in [-0.4, -0.2) is 41.4 Å². The summed E-state index contributed by atoms with van der Waals surface area (Å²) in [5.74, 6) is -0.468. The number of hydrogen-bond acceptors (Lipinski definition) is 3. The summed E-state index contributed by atoms with van der Waals surface area (Å²) in [7, 11) is 0. The molecule has 8 heteroatoms. The van der Waals surface area contributed by atoms with Gasteiger partial charge in [0.2, 0.25) is 5.91 Å². The highest BCUT2D eigenvalue weighted by molar-refractivity contribution is 7.97. The molecule has 1 saturated heterocycles. The number of likely N-dealkylation sites (tertiary alicyclic amines) is 1. The van der Waals surface area contributed by atoms with E-state index in [-0.39, 0.29) is 41.5 Å². The van der Waals surface area contributed by atoms with E-state index in [4.69, 9.17) is 0 Å². The second kappa shape index (κ2) is 9.53. The van der Waals surface area contributed by atoms with Crippen LogP contribution in [0.5, 0.6) is 0 Å². The van der Waals surface area contributed by atoms with Crippen LogP contribution >= 0.6 is 11.9 Å². The Morgan fingerprint density at radius 1 is 1.12 bits per heavy atom. The zero-order valence-electron chi connectivity index (χ0n) is 18.9. The summed E-state index contributed by atoms with van der Waals surface area (Å²) < 4.78 is 62.0. The van der Waals surface area contributed by atoms with E-state index in [9.17, 15) is 13.6 Å². The lowest BCUT2D eigenvalue weighted by atomic mass is 9.82. The Morgan fingerprint density at radius 2 is 1.91 bits per heavy atom. The fourth-order valence-corrected chi connectivity index (χ4v) is 6.61. The van der Waals surface area contributed by atoms with Gasteiger partial charge in [-0.25, -0.2) is 17.6 Å². The SMILES string of the molecule is CCSN[C@H]1[C@@H](F)CN(C(=O)C2CC3CC2C3)[C@H]1Cc1cccc(-c2cc(F)ccc2F)c1F. The first-order valence-corrected chi connectivity index (χ1v) is 12.9. The Hall–Kier alpha value is -2.06. The topological polar surface area (TPSA) is 32.3 Å². The molecule has 1 aliphatic heterocycles. The molecule has 4 atom stereocenters. The lowest BCUT2D eigenvalue weighted by molar-refractivity contribution is -0.137. The molecule has 1 unspecified atom stereocenters. The number of amides is 1. The molecule has 4 aliphatic rings. The fourth-order valence-electron chi connectivity index (χ4n) is 5.94. The number of nitrogens with zero attached hydrogens (tertiary/aromatic N) is 1. The van der Waals surface area contributed by atoms with Crippen molar-refractivity contribution in [2.45, 2.75) is 50.9 Å². The molecule has 34 heavy (non-hydrogen) atoms. The highest BCUT2D eigenvalue weighted by atomic mass is 32.2. The zero-order valence-corrected chi connectivity index (χ0v) is 19.8. The summed E-state index contributed by atoms with van der Waals surface area (Å²) in [4.78, 5) is 15.1. The van der Waals surface area contributed by atoms with E-state index in [2.05, 4.69) is 4.72 Å². The number of hydrogen-bond donors (Lipinski definition) is 1. The third kappa shape index (κ3) is 4.24. The maximum Gasteiger partial charge on any atom is 0.226 e. The molecule has 3 saturated carbocycles. The Labute approximate surface area is 201 Å². The van der Waals surface area contributed by atoms with Crippen molar-refractivity contribution in [1.82, 2.24) is 9.62 Å². The van der Waals surface area contributed by atoms with Crippen molar-refractivity contribution in [2.24, 2.45) is 17.8 Å². The van der Waals surface area contributed by atoms with Crippen molar-refractivity contribution in [3.05, 3.63) is 59.4 Å². The molecule has 2 bridgehead atoms. The minimum Gasteiger partial charge on any atom is -0.334 e. The summed E-state index contributed by atoms with van der Waals surface area (Å²) in [5.41, 5.74) is 0.0392. The number of benzene rings is 2. The van der Waals surface area contributed by atoms with Crippen LogP contribution in [0.25, 0.3) is 11.1 Å². The highest BCUT2D eigenvalue weighted by Gasteiger charge is 2.52. The second-order valence-electron chi connectivity index (χ2n) is 9.70. The molecular weight excluding hydrogens is 464 g/mol. The molecule has 1 heterocycles. The number of fused-ring (bicyclic) bond motifs is 1. The van der Waals surface area contributed by atoms with Crippen LogP contribution in [-0.2, 0) is 11.2 Å². The van der Waals surface area contributed by atoms with E-state index in [1.807, 2.05) is 6.92 Å². The van der Waals surface area contributed by atoms with E-state index >= 15 is 8.78 Å². The molecule has 4 fully saturated rings. The third-order valence-electron chi connectivity index (χ3n) is 7.69. The molecular formula is C26H28F4N2OS. The Bertz CT molecular complexity index is 1080. The van der Waals surface area contributed by atoms with Crippen molar-refractivity contribution in [2.75, 3.05) is 12.3 Å². The third-order valence-corrected chi connectivity index (χ3v) is 8.42. The second-order valence-corrected chi connectivity index (χ2v) is 10.8. The lowest BCUT2D eigenvalue weighted by Gasteiger charge is -2.32. The van der Waals surface area contributed by atoms with Gasteiger partial charge in [0.25, 0.3) is 0 Å². The average molecular weight is 493 g/mol. The van der Waals surface area contributed by atoms with Gasteiger partial charge in [-0.3, -0.25) is 9.52 Å². The summed E-state index contributed by atoms with van der Waals surface area (Å²) in [6.45, 7) is 1.93. The average Bonchev–Trinajstić information content (AvgIpc) is 3.48. The Morgan fingerprint density at radius 3 is 2.62 bits per heavy atom. The molecule has 3 aliphatic carbocycles. The quantitative estimate of drug-likeness (QED) is 0.407. The minimum atomic E-state index is -1.27. The standard InChI is InChI=1S/C26H28F4N2OS/c1-2-34-31-25-22(29)13-32(26(33)19-10-14-8-16(19)9-14)23(25)11-15-4-3-5-18(24(15)30)20-12-17(27)6-7-21(20)28/h3-7,12,14,16,19,22-23,25,31H,2,8-11,13H2,1H3/t14?,16?,19?,22-,23-,25-/m0/s1. The number of rotatable bonds is 7. The van der Waals surface area contributed by atoms with Crippen molar-refractivity contribution in [3.8, 4) is 11.1 Å². The van der Waals surface area contributed by atoms with Crippen molar-refractivity contribution >= 4 is 17.9 Å². The maximum absolute atomic E-state index is 15.6. The van der Waals surface area contributed by atoms with Gasteiger partial charge in [0, 0.05) is 22.8 Å². The van der Waals surface area contributed by atoms with E-state index in [1.165, 1.54) is 18.0 Å². The van der Waals surface area contributed by atoms with Crippen LogP contribution in [0, 0.1) is 35.2 Å². The summed E-state index contributed by atoms with van der Waals surface area (Å²) in [6, 6.07) is 6.27. The summed E-state index contributed by atoms with van der Waals surface area (Å²) >= 11 is 1.37. The fraction of sp³-hybridized carbons (Fsp3) is 0.500. The largest absolute Gasteiger partial charge is 0.334 e. The zero-order chi connectivity index (χ0) is 24.0. The van der Waals surface area contributed by atoms with Crippen LogP contribution in [0.3, 0.4) is 0 Å². The van der Waals surface area contributed by atoms with Crippen molar-refractivity contribution in [3.63, 3.8) is 0 Å². The molecule has 1 amide bonds. The van der Waals surface area contributed by atoms with E-state index < -0.39 is 35.7 Å². The number of nitrogens with one attached hydrogen (secondary N) is 1. The number of carbonyl (C=O) groups is 1. The van der Waals surface area contributed by atoms with E-state index in [1.54, 1.807) is 17.0 Å². The number of carbonyl (C=O) groups excluding carboxylic acids is 1. The van der Waals surface area contributed by atoms with Crippen LogP contribution in [0.4, 0.5) is 17.6 Å². The van der Waals surface area contributed by atoms with Crippen LogP contribution in [0.1, 0.15) is 31.7 Å². The number of halogens is 4. The Kier molecular flexibility index (Phi) is 6.64. The monoisotopic (exact) mass is 492 g/mol. The molecule has 182 valence electrons. The van der Waals surface area contributed by atoms with Gasteiger partial charge in [0.15, 0.2) is 0 Å².